The Morgan fingerprint density at radius 3 is 2.12 bits per heavy atom. The maximum Gasteiger partial charge on any atom is 0.347 e. The average Bonchev–Trinajstić information content (AvgIpc) is 2.17. The van der Waals surface area contributed by atoms with Gasteiger partial charge in [0.2, 0.25) is 0 Å². The summed E-state index contributed by atoms with van der Waals surface area (Å²) in [6.07, 6.45) is -1.99. The van der Waals surface area contributed by atoms with E-state index in [0.717, 1.165) is 5.56 Å². The van der Waals surface area contributed by atoms with Crippen LogP contribution in [-0.2, 0) is 6.42 Å². The maximum absolute atomic E-state index is 12.5. The maximum atomic E-state index is 12.5. The van der Waals surface area contributed by atoms with E-state index in [1.807, 2.05) is 12.1 Å². The highest BCUT2D eigenvalue weighted by Crippen LogP contribution is 2.26. The van der Waals surface area contributed by atoms with Crippen molar-refractivity contribution in [1.29, 1.82) is 0 Å². The van der Waals surface area contributed by atoms with Crippen LogP contribution in [0, 0.1) is 0 Å². The summed E-state index contributed by atoms with van der Waals surface area (Å²) in [7, 11) is 0. The summed E-state index contributed by atoms with van der Waals surface area (Å²) in [6, 6.07) is 7.22. The van der Waals surface area contributed by atoms with Crippen molar-refractivity contribution in [2.45, 2.75) is 37.7 Å². The van der Waals surface area contributed by atoms with Crippen LogP contribution >= 0.6 is 11.6 Å². The van der Waals surface area contributed by atoms with Crippen LogP contribution in [0.5, 0.6) is 0 Å². The number of alkyl halides is 3. The van der Waals surface area contributed by atoms with E-state index in [1.165, 1.54) is 0 Å². The summed E-state index contributed by atoms with van der Waals surface area (Å²) < 4.78 is 25.0. The van der Waals surface area contributed by atoms with Gasteiger partial charge < -0.3 is 5.11 Å². The Balaban J connectivity index is 2.69. The van der Waals surface area contributed by atoms with Crippen LogP contribution in [0.4, 0.5) is 8.78 Å². The molecule has 0 fully saturated rings. The first-order valence-corrected chi connectivity index (χ1v) is 5.52. The predicted molar refractivity (Wildman–Crippen MR) is 61.0 cm³/mol. The molecule has 1 nitrogen and oxygen atoms in total. The molecule has 0 aliphatic rings. The molecule has 0 saturated heterocycles. The molecule has 0 heterocycles. The summed E-state index contributed by atoms with van der Waals surface area (Å²) in [4.78, 5) is 0. The van der Waals surface area contributed by atoms with Gasteiger partial charge in [0.1, 0.15) is 6.10 Å². The lowest BCUT2D eigenvalue weighted by Crippen LogP contribution is -2.29. The molecule has 90 valence electrons. The SMILES string of the molecule is CC(C)c1ccc(CC(O)C(F)(F)Cl)cc1. The number of aliphatic hydroxyl groups excluding tert-OH is 1. The predicted octanol–water partition coefficient (Wildman–Crippen LogP) is 3.55. The van der Waals surface area contributed by atoms with Crippen LogP contribution in [0.1, 0.15) is 30.9 Å². The fourth-order valence-electron chi connectivity index (χ4n) is 1.38. The summed E-state index contributed by atoms with van der Waals surface area (Å²) in [5.74, 6) is 0.397. The van der Waals surface area contributed by atoms with Crippen LogP contribution in [0.3, 0.4) is 0 Å². The van der Waals surface area contributed by atoms with Crippen LogP contribution in [0.2, 0.25) is 0 Å². The fraction of sp³-hybridized carbons (Fsp3) is 0.500. The zero-order chi connectivity index (χ0) is 12.3. The van der Waals surface area contributed by atoms with Gasteiger partial charge in [-0.25, -0.2) is 0 Å². The minimum absolute atomic E-state index is 0.144. The molecule has 4 heteroatoms. The zero-order valence-electron chi connectivity index (χ0n) is 9.25. The van der Waals surface area contributed by atoms with Crippen molar-refractivity contribution < 1.29 is 13.9 Å². The first-order valence-electron chi connectivity index (χ1n) is 5.14. The van der Waals surface area contributed by atoms with E-state index < -0.39 is 11.5 Å². The highest BCUT2D eigenvalue weighted by molar-refractivity contribution is 6.22. The van der Waals surface area contributed by atoms with Crippen molar-refractivity contribution in [3.8, 4) is 0 Å². The van der Waals surface area contributed by atoms with Gasteiger partial charge in [-0.3, -0.25) is 0 Å². The average molecular weight is 249 g/mol. The molecule has 1 unspecified atom stereocenters. The Morgan fingerprint density at radius 1 is 1.25 bits per heavy atom. The van der Waals surface area contributed by atoms with E-state index in [1.54, 1.807) is 12.1 Å². The van der Waals surface area contributed by atoms with E-state index in [-0.39, 0.29) is 6.42 Å². The van der Waals surface area contributed by atoms with Crippen molar-refractivity contribution in [2.75, 3.05) is 0 Å². The van der Waals surface area contributed by atoms with Crippen LogP contribution in [-0.4, -0.2) is 16.6 Å². The lowest BCUT2D eigenvalue weighted by atomic mass is 10.00. The van der Waals surface area contributed by atoms with E-state index in [0.29, 0.717) is 11.5 Å². The normalized spacial score (nSPS) is 14.2. The van der Waals surface area contributed by atoms with Gasteiger partial charge in [-0.15, -0.1) is 0 Å². The van der Waals surface area contributed by atoms with Crippen LogP contribution < -0.4 is 0 Å². The summed E-state index contributed by atoms with van der Waals surface area (Å²) in [5, 5.41) is 5.56. The molecule has 1 rings (SSSR count). The lowest BCUT2D eigenvalue weighted by Gasteiger charge is -2.16. The third-order valence-electron chi connectivity index (χ3n) is 2.45. The molecule has 1 aromatic carbocycles. The molecule has 0 saturated carbocycles. The lowest BCUT2D eigenvalue weighted by molar-refractivity contribution is -0.0397. The van der Waals surface area contributed by atoms with Gasteiger partial charge in [-0.05, 0) is 28.6 Å². The molecule has 0 spiro atoms. The number of rotatable bonds is 4. The topological polar surface area (TPSA) is 20.2 Å². The molecule has 16 heavy (non-hydrogen) atoms. The number of aliphatic hydroxyl groups is 1. The molecule has 1 atom stereocenters. The van der Waals surface area contributed by atoms with E-state index in [4.69, 9.17) is 16.7 Å². The molecule has 0 radical (unpaired) electrons. The second kappa shape index (κ2) is 5.11. The molecular formula is C12H15ClF2O. The quantitative estimate of drug-likeness (QED) is 0.808. The largest absolute Gasteiger partial charge is 0.385 e. The molecule has 0 aromatic heterocycles. The number of hydrogen-bond acceptors (Lipinski definition) is 1. The second-order valence-electron chi connectivity index (χ2n) is 4.16. The molecule has 0 bridgehead atoms. The molecule has 0 amide bonds. The highest BCUT2D eigenvalue weighted by Gasteiger charge is 2.35. The van der Waals surface area contributed by atoms with Crippen molar-refractivity contribution in [1.82, 2.24) is 0 Å². The van der Waals surface area contributed by atoms with Gasteiger partial charge in [0.15, 0.2) is 0 Å². The Labute approximate surface area is 99.0 Å². The van der Waals surface area contributed by atoms with Gasteiger partial charge in [0, 0.05) is 6.42 Å². The summed E-state index contributed by atoms with van der Waals surface area (Å²) in [6.45, 7) is 4.10. The highest BCUT2D eigenvalue weighted by atomic mass is 35.5. The third-order valence-corrected chi connectivity index (χ3v) is 2.71. The van der Waals surface area contributed by atoms with E-state index >= 15 is 0 Å². The van der Waals surface area contributed by atoms with Crippen molar-refractivity contribution in [3.05, 3.63) is 35.4 Å². The fourth-order valence-corrected chi connectivity index (χ4v) is 1.45. The van der Waals surface area contributed by atoms with Crippen molar-refractivity contribution in [2.24, 2.45) is 0 Å². The van der Waals surface area contributed by atoms with Crippen molar-refractivity contribution >= 4 is 11.6 Å². The van der Waals surface area contributed by atoms with Gasteiger partial charge in [-0.1, -0.05) is 38.1 Å². The van der Waals surface area contributed by atoms with Gasteiger partial charge in [0.25, 0.3) is 0 Å². The van der Waals surface area contributed by atoms with Crippen molar-refractivity contribution in [3.63, 3.8) is 0 Å². The monoisotopic (exact) mass is 248 g/mol. The number of benzene rings is 1. The molecule has 1 aromatic rings. The van der Waals surface area contributed by atoms with Crippen LogP contribution in [0.25, 0.3) is 0 Å². The molecule has 0 aliphatic carbocycles. The van der Waals surface area contributed by atoms with E-state index in [2.05, 4.69) is 13.8 Å². The Morgan fingerprint density at radius 2 is 1.75 bits per heavy atom. The number of halogens is 3. The van der Waals surface area contributed by atoms with Gasteiger partial charge in [-0.2, -0.15) is 8.78 Å². The zero-order valence-corrected chi connectivity index (χ0v) is 10.0. The second-order valence-corrected chi connectivity index (χ2v) is 4.66. The standard InChI is InChI=1S/C12H15ClF2O/c1-8(2)10-5-3-9(4-6-10)7-11(16)12(13,14)15/h3-6,8,11,16H,7H2,1-2H3. The molecular weight excluding hydrogens is 234 g/mol. The smallest absolute Gasteiger partial charge is 0.347 e. The minimum atomic E-state index is -3.57. The van der Waals surface area contributed by atoms with Gasteiger partial charge in [0.05, 0.1) is 0 Å². The Bertz CT molecular complexity index is 330. The first kappa shape index (κ1) is 13.4. The molecule has 0 aliphatic heterocycles. The summed E-state index contributed by atoms with van der Waals surface area (Å²) >= 11 is 4.73. The number of hydrogen-bond donors (Lipinski definition) is 1. The molecule has 1 N–H and O–H groups in total. The third kappa shape index (κ3) is 3.72. The Hall–Kier alpha value is -0.670. The minimum Gasteiger partial charge on any atom is -0.385 e. The Kier molecular flexibility index (Phi) is 4.28. The van der Waals surface area contributed by atoms with Crippen LogP contribution in [0.15, 0.2) is 24.3 Å². The first-order chi connectivity index (χ1) is 7.30. The van der Waals surface area contributed by atoms with E-state index in [9.17, 15) is 8.78 Å². The summed E-state index contributed by atoms with van der Waals surface area (Å²) in [5.41, 5.74) is 1.79. The van der Waals surface area contributed by atoms with Gasteiger partial charge >= 0.3 is 5.38 Å².